The zero-order chi connectivity index (χ0) is 17.5. The number of aromatic nitrogens is 1. The van der Waals surface area contributed by atoms with Crippen molar-refractivity contribution >= 4 is 23.2 Å². The molecule has 4 N–H and O–H groups in total. The normalized spacial score (nSPS) is 11.4. The van der Waals surface area contributed by atoms with Crippen molar-refractivity contribution in [3.63, 3.8) is 0 Å². The molecule has 24 heavy (non-hydrogen) atoms. The van der Waals surface area contributed by atoms with E-state index in [1.807, 2.05) is 32.9 Å². The third-order valence-corrected chi connectivity index (χ3v) is 4.49. The third kappa shape index (κ3) is 5.06. The Kier molecular flexibility index (Phi) is 6.31. The lowest BCUT2D eigenvalue weighted by Gasteiger charge is -2.11. The molecule has 6 nitrogen and oxygen atoms in total. The van der Waals surface area contributed by atoms with Gasteiger partial charge in [0.05, 0.1) is 23.8 Å². The maximum absolute atomic E-state index is 11.1. The molecule has 1 aromatic carbocycles. The van der Waals surface area contributed by atoms with E-state index in [1.165, 1.54) is 4.88 Å². The van der Waals surface area contributed by atoms with E-state index in [0.717, 1.165) is 28.8 Å². The summed E-state index contributed by atoms with van der Waals surface area (Å²) in [4.78, 5) is 21.3. The summed E-state index contributed by atoms with van der Waals surface area (Å²) in [7, 11) is 0. The van der Waals surface area contributed by atoms with Crippen molar-refractivity contribution in [1.82, 2.24) is 15.6 Å². The average molecular weight is 345 g/mol. The number of benzene rings is 1. The van der Waals surface area contributed by atoms with Crippen LogP contribution in [0.15, 0.2) is 29.3 Å². The molecule has 0 unspecified atom stereocenters. The van der Waals surface area contributed by atoms with Gasteiger partial charge in [-0.1, -0.05) is 12.1 Å². The Morgan fingerprint density at radius 2 is 1.96 bits per heavy atom. The van der Waals surface area contributed by atoms with E-state index in [0.29, 0.717) is 18.7 Å². The number of rotatable bonds is 6. The number of hydrogen-bond acceptors (Lipinski definition) is 4. The number of hydrogen-bond donors (Lipinski definition) is 3. The minimum atomic E-state index is -0.421. The SMILES string of the molecule is CCNC(=NCc1ccc(C(N)=O)cc1)NCc1sc(C)nc1C. The lowest BCUT2D eigenvalue weighted by Crippen LogP contribution is -2.36. The van der Waals surface area contributed by atoms with Gasteiger partial charge in [-0.2, -0.15) is 0 Å². The second kappa shape index (κ2) is 8.44. The first kappa shape index (κ1) is 17.9. The van der Waals surface area contributed by atoms with Gasteiger partial charge in [-0.3, -0.25) is 4.79 Å². The van der Waals surface area contributed by atoms with Gasteiger partial charge >= 0.3 is 0 Å². The number of nitrogens with zero attached hydrogens (tertiary/aromatic N) is 2. The van der Waals surface area contributed by atoms with E-state index < -0.39 is 5.91 Å². The molecule has 1 heterocycles. The predicted molar refractivity (Wildman–Crippen MR) is 98.2 cm³/mol. The monoisotopic (exact) mass is 345 g/mol. The molecule has 1 amide bonds. The molecule has 0 aliphatic carbocycles. The third-order valence-electron chi connectivity index (χ3n) is 3.42. The summed E-state index contributed by atoms with van der Waals surface area (Å²) in [5.41, 5.74) is 7.82. The molecule has 0 saturated heterocycles. The zero-order valence-corrected chi connectivity index (χ0v) is 15.0. The van der Waals surface area contributed by atoms with Gasteiger partial charge in [0.2, 0.25) is 5.91 Å². The van der Waals surface area contributed by atoms with Crippen LogP contribution in [0.25, 0.3) is 0 Å². The Morgan fingerprint density at radius 1 is 1.25 bits per heavy atom. The number of aryl methyl sites for hydroxylation is 2. The summed E-state index contributed by atoms with van der Waals surface area (Å²) in [5, 5.41) is 7.62. The van der Waals surface area contributed by atoms with Crippen molar-refractivity contribution in [2.45, 2.75) is 33.9 Å². The number of carbonyl (C=O) groups excluding carboxylic acids is 1. The quantitative estimate of drug-likeness (QED) is 0.552. The summed E-state index contributed by atoms with van der Waals surface area (Å²) in [5.74, 6) is 0.331. The Bertz CT molecular complexity index is 721. The molecule has 0 aliphatic heterocycles. The van der Waals surface area contributed by atoms with Gasteiger partial charge in [-0.05, 0) is 38.5 Å². The van der Waals surface area contributed by atoms with Crippen molar-refractivity contribution < 1.29 is 4.79 Å². The smallest absolute Gasteiger partial charge is 0.248 e. The summed E-state index contributed by atoms with van der Waals surface area (Å²) < 4.78 is 0. The number of amides is 1. The number of aliphatic imine (C=N–C) groups is 1. The Morgan fingerprint density at radius 3 is 2.50 bits per heavy atom. The van der Waals surface area contributed by atoms with E-state index in [-0.39, 0.29) is 0 Å². The molecule has 0 aliphatic rings. The summed E-state index contributed by atoms with van der Waals surface area (Å²) in [6.07, 6.45) is 0. The first-order valence-electron chi connectivity index (χ1n) is 7.83. The van der Waals surface area contributed by atoms with Crippen LogP contribution in [0.5, 0.6) is 0 Å². The van der Waals surface area contributed by atoms with E-state index in [1.54, 1.807) is 23.5 Å². The van der Waals surface area contributed by atoms with Crippen molar-refractivity contribution in [3.05, 3.63) is 51.0 Å². The lowest BCUT2D eigenvalue weighted by atomic mass is 10.1. The first-order valence-corrected chi connectivity index (χ1v) is 8.65. The van der Waals surface area contributed by atoms with Crippen LogP contribution >= 0.6 is 11.3 Å². The Hall–Kier alpha value is -2.41. The highest BCUT2D eigenvalue weighted by atomic mass is 32.1. The van der Waals surface area contributed by atoms with Gasteiger partial charge in [0.15, 0.2) is 5.96 Å². The van der Waals surface area contributed by atoms with Crippen molar-refractivity contribution in [3.8, 4) is 0 Å². The number of primary amides is 1. The van der Waals surface area contributed by atoms with Crippen molar-refractivity contribution in [2.75, 3.05) is 6.54 Å². The topological polar surface area (TPSA) is 92.4 Å². The van der Waals surface area contributed by atoms with Gasteiger partial charge < -0.3 is 16.4 Å². The number of thiazole rings is 1. The van der Waals surface area contributed by atoms with E-state index in [2.05, 4.69) is 20.6 Å². The van der Waals surface area contributed by atoms with Crippen LogP contribution in [0, 0.1) is 13.8 Å². The fourth-order valence-electron chi connectivity index (χ4n) is 2.19. The van der Waals surface area contributed by atoms with Gasteiger partial charge in [-0.25, -0.2) is 9.98 Å². The number of carbonyl (C=O) groups is 1. The second-order valence-corrected chi connectivity index (χ2v) is 6.64. The van der Waals surface area contributed by atoms with Gasteiger partial charge in [0.1, 0.15) is 0 Å². The standard InChI is InChI=1S/C17H23N5OS/c1-4-19-17(21-10-15-11(2)22-12(3)24-15)20-9-13-5-7-14(8-6-13)16(18)23/h5-8H,4,9-10H2,1-3H3,(H2,18,23)(H2,19,20,21). The average Bonchev–Trinajstić information content (AvgIpc) is 2.88. The van der Waals surface area contributed by atoms with Crippen LogP contribution in [-0.4, -0.2) is 23.4 Å². The molecule has 128 valence electrons. The summed E-state index contributed by atoms with van der Waals surface area (Å²) in [6.45, 7) is 8.06. The van der Waals surface area contributed by atoms with Crippen LogP contribution in [0.2, 0.25) is 0 Å². The fraction of sp³-hybridized carbons (Fsp3) is 0.353. The number of guanidine groups is 1. The molecule has 0 bridgehead atoms. The summed E-state index contributed by atoms with van der Waals surface area (Å²) in [6, 6.07) is 7.17. The van der Waals surface area contributed by atoms with Gasteiger partial charge in [0.25, 0.3) is 0 Å². The highest BCUT2D eigenvalue weighted by Gasteiger charge is 2.06. The van der Waals surface area contributed by atoms with Crippen LogP contribution in [-0.2, 0) is 13.1 Å². The second-order valence-electron chi connectivity index (χ2n) is 5.35. The predicted octanol–water partition coefficient (Wildman–Crippen LogP) is 2.11. The van der Waals surface area contributed by atoms with E-state index in [9.17, 15) is 4.79 Å². The number of nitrogens with one attached hydrogen (secondary N) is 2. The highest BCUT2D eigenvalue weighted by molar-refractivity contribution is 7.11. The van der Waals surface area contributed by atoms with Crippen LogP contribution in [0.4, 0.5) is 0 Å². The molecule has 1 aromatic heterocycles. The van der Waals surface area contributed by atoms with Crippen LogP contribution in [0.1, 0.15) is 38.4 Å². The molecule has 2 aromatic rings. The Balaban J connectivity index is 1.99. The van der Waals surface area contributed by atoms with Gasteiger partial charge in [-0.15, -0.1) is 11.3 Å². The highest BCUT2D eigenvalue weighted by Crippen LogP contribution is 2.16. The largest absolute Gasteiger partial charge is 0.366 e. The molecule has 0 fully saturated rings. The van der Waals surface area contributed by atoms with Crippen LogP contribution < -0.4 is 16.4 Å². The maximum atomic E-state index is 11.1. The molecule has 0 spiro atoms. The molecule has 7 heteroatoms. The molecular weight excluding hydrogens is 322 g/mol. The fourth-order valence-corrected chi connectivity index (χ4v) is 3.06. The zero-order valence-electron chi connectivity index (χ0n) is 14.2. The molecule has 0 radical (unpaired) electrons. The van der Waals surface area contributed by atoms with Crippen molar-refractivity contribution in [2.24, 2.45) is 10.7 Å². The maximum Gasteiger partial charge on any atom is 0.248 e. The minimum Gasteiger partial charge on any atom is -0.366 e. The minimum absolute atomic E-state index is 0.421. The molecular formula is C17H23N5OS. The molecule has 2 rings (SSSR count). The lowest BCUT2D eigenvalue weighted by molar-refractivity contribution is 0.100. The number of nitrogens with two attached hydrogens (primary N) is 1. The first-order chi connectivity index (χ1) is 11.5. The van der Waals surface area contributed by atoms with E-state index in [4.69, 9.17) is 5.73 Å². The van der Waals surface area contributed by atoms with E-state index >= 15 is 0 Å². The molecule has 0 atom stereocenters. The Labute approximate surface area is 146 Å². The van der Waals surface area contributed by atoms with Gasteiger partial charge in [0, 0.05) is 17.0 Å². The summed E-state index contributed by atoms with van der Waals surface area (Å²) >= 11 is 1.69. The van der Waals surface area contributed by atoms with Crippen LogP contribution in [0.3, 0.4) is 0 Å². The van der Waals surface area contributed by atoms with Crippen molar-refractivity contribution in [1.29, 1.82) is 0 Å². The molecule has 0 saturated carbocycles.